The molecular formula is C35H51N5. The molecule has 1 saturated carbocycles. The first-order valence-electron chi connectivity index (χ1n) is 15.7. The average Bonchev–Trinajstić information content (AvgIpc) is 2.98. The van der Waals surface area contributed by atoms with Crippen molar-refractivity contribution in [2.24, 2.45) is 5.92 Å². The summed E-state index contributed by atoms with van der Waals surface area (Å²) in [5.74, 6) is 2.45. The zero-order valence-electron chi connectivity index (χ0n) is 25.0. The zero-order chi connectivity index (χ0) is 28.0. The molecule has 0 bridgehead atoms. The predicted molar refractivity (Wildman–Crippen MR) is 172 cm³/mol. The first kappa shape index (κ1) is 29.9. The van der Waals surface area contributed by atoms with Gasteiger partial charge < -0.3 is 15.5 Å². The number of nitrogens with one attached hydrogen (secondary N) is 2. The number of nitrogens with zero attached hydrogens (tertiary/aromatic N) is 3. The number of rotatable bonds is 17. The highest BCUT2D eigenvalue weighted by Gasteiger charge is 2.22. The van der Waals surface area contributed by atoms with Crippen LogP contribution in [0.15, 0.2) is 66.9 Å². The van der Waals surface area contributed by atoms with E-state index in [9.17, 15) is 0 Å². The van der Waals surface area contributed by atoms with Crippen molar-refractivity contribution < 1.29 is 0 Å². The smallest absolute Gasteiger partial charge is 0.225 e. The molecule has 2 N–H and O–H groups in total. The van der Waals surface area contributed by atoms with E-state index >= 15 is 0 Å². The predicted octanol–water partition coefficient (Wildman–Crippen LogP) is 8.52. The van der Waals surface area contributed by atoms with Crippen molar-refractivity contribution in [2.75, 3.05) is 30.9 Å². The maximum atomic E-state index is 4.83. The molecule has 0 saturated heterocycles. The van der Waals surface area contributed by atoms with E-state index in [0.717, 1.165) is 41.6 Å². The molecule has 0 aliphatic heterocycles. The SMILES string of the molecule is C=C(CCCCCCCCCCc1ccccc1)NCC1CCC(Nc2nc(N(C)C)c3ccccc3n2)CC1. The van der Waals surface area contributed by atoms with E-state index < -0.39 is 0 Å². The lowest BCUT2D eigenvalue weighted by molar-refractivity contribution is 0.330. The molecule has 216 valence electrons. The summed E-state index contributed by atoms with van der Waals surface area (Å²) in [5, 5.41) is 8.38. The molecule has 1 fully saturated rings. The van der Waals surface area contributed by atoms with Gasteiger partial charge in [-0.3, -0.25) is 0 Å². The van der Waals surface area contributed by atoms with E-state index in [2.05, 4.69) is 64.6 Å². The number of fused-ring (bicyclic) bond motifs is 1. The van der Waals surface area contributed by atoms with Gasteiger partial charge in [-0.2, -0.15) is 4.98 Å². The largest absolute Gasteiger partial charge is 0.389 e. The minimum Gasteiger partial charge on any atom is -0.389 e. The molecule has 1 aliphatic rings. The van der Waals surface area contributed by atoms with Gasteiger partial charge in [0.05, 0.1) is 5.52 Å². The van der Waals surface area contributed by atoms with Crippen LogP contribution in [0.25, 0.3) is 10.9 Å². The summed E-state index contributed by atoms with van der Waals surface area (Å²) in [7, 11) is 4.08. The lowest BCUT2D eigenvalue weighted by Crippen LogP contribution is -2.31. The van der Waals surface area contributed by atoms with E-state index in [4.69, 9.17) is 9.97 Å². The Bertz CT molecular complexity index is 1150. The Kier molecular flexibility index (Phi) is 12.1. The molecule has 2 aromatic carbocycles. The highest BCUT2D eigenvalue weighted by atomic mass is 15.2. The summed E-state index contributed by atoms with van der Waals surface area (Å²) in [6.07, 6.45) is 17.9. The fourth-order valence-electron chi connectivity index (χ4n) is 5.91. The van der Waals surface area contributed by atoms with Gasteiger partial charge >= 0.3 is 0 Å². The molecule has 0 unspecified atom stereocenters. The fourth-order valence-corrected chi connectivity index (χ4v) is 5.91. The van der Waals surface area contributed by atoms with Crippen LogP contribution in [-0.2, 0) is 6.42 Å². The van der Waals surface area contributed by atoms with Gasteiger partial charge in [0.1, 0.15) is 5.82 Å². The first-order valence-corrected chi connectivity index (χ1v) is 15.7. The Labute approximate surface area is 242 Å². The Balaban J connectivity index is 1.02. The zero-order valence-corrected chi connectivity index (χ0v) is 25.0. The molecule has 3 aromatic rings. The standard InChI is InChI=1S/C35H51N5/c1-28(17-11-8-6-4-5-7-9-12-18-29-19-13-10-14-20-29)36-27-30-23-25-31(26-24-30)37-35-38-33-22-16-15-21-32(33)34(39-35)40(2)3/h10,13-16,19-22,30-31,36H,1,4-9,11-12,17-18,23-27H2,2-3H3,(H,37,38,39). The number of hydrogen-bond acceptors (Lipinski definition) is 5. The number of para-hydroxylation sites is 1. The molecule has 0 radical (unpaired) electrons. The molecule has 1 aliphatic carbocycles. The molecule has 5 nitrogen and oxygen atoms in total. The summed E-state index contributed by atoms with van der Waals surface area (Å²) >= 11 is 0. The quantitative estimate of drug-likeness (QED) is 0.168. The van der Waals surface area contributed by atoms with Gasteiger partial charge in [0.25, 0.3) is 0 Å². The van der Waals surface area contributed by atoms with E-state index in [0.29, 0.717) is 6.04 Å². The van der Waals surface area contributed by atoms with E-state index in [1.54, 1.807) is 0 Å². The number of aromatic nitrogens is 2. The molecule has 4 rings (SSSR count). The number of allylic oxidation sites excluding steroid dienone is 1. The number of hydrogen-bond donors (Lipinski definition) is 2. The van der Waals surface area contributed by atoms with Crippen molar-refractivity contribution in [2.45, 2.75) is 95.9 Å². The van der Waals surface area contributed by atoms with Crippen molar-refractivity contribution in [1.82, 2.24) is 15.3 Å². The van der Waals surface area contributed by atoms with Gasteiger partial charge in [-0.25, -0.2) is 4.98 Å². The molecule has 0 amide bonds. The number of anilines is 2. The summed E-state index contributed by atoms with van der Waals surface area (Å²) < 4.78 is 0. The lowest BCUT2D eigenvalue weighted by Gasteiger charge is -2.30. The Morgan fingerprint density at radius 1 is 0.800 bits per heavy atom. The van der Waals surface area contributed by atoms with Crippen molar-refractivity contribution in [3.05, 3.63) is 72.4 Å². The lowest BCUT2D eigenvalue weighted by atomic mass is 9.86. The third-order valence-electron chi connectivity index (χ3n) is 8.36. The minimum atomic E-state index is 0.444. The van der Waals surface area contributed by atoms with E-state index in [1.165, 1.54) is 94.7 Å². The maximum Gasteiger partial charge on any atom is 0.225 e. The topological polar surface area (TPSA) is 53.1 Å². The van der Waals surface area contributed by atoms with Crippen molar-refractivity contribution in [3.63, 3.8) is 0 Å². The Morgan fingerprint density at radius 2 is 1.45 bits per heavy atom. The van der Waals surface area contributed by atoms with Crippen LogP contribution in [0.3, 0.4) is 0 Å². The monoisotopic (exact) mass is 541 g/mol. The minimum absolute atomic E-state index is 0.444. The van der Waals surface area contributed by atoms with Gasteiger partial charge in [-0.1, -0.05) is 87.6 Å². The van der Waals surface area contributed by atoms with Gasteiger partial charge in [-0.15, -0.1) is 0 Å². The first-order chi connectivity index (χ1) is 19.6. The number of benzene rings is 2. The highest BCUT2D eigenvalue weighted by Crippen LogP contribution is 2.28. The summed E-state index contributed by atoms with van der Waals surface area (Å²) in [6, 6.07) is 19.6. The van der Waals surface area contributed by atoms with Crippen LogP contribution in [0.4, 0.5) is 11.8 Å². The third-order valence-corrected chi connectivity index (χ3v) is 8.36. The van der Waals surface area contributed by atoms with Gasteiger partial charge in [0.15, 0.2) is 0 Å². The molecule has 1 heterocycles. The van der Waals surface area contributed by atoms with E-state index in [-0.39, 0.29) is 0 Å². The van der Waals surface area contributed by atoms with Gasteiger partial charge in [-0.05, 0) is 75.0 Å². The van der Waals surface area contributed by atoms with Crippen LogP contribution in [0.1, 0.15) is 89.0 Å². The van der Waals surface area contributed by atoms with Gasteiger partial charge in [0, 0.05) is 37.8 Å². The third kappa shape index (κ3) is 9.83. The number of unbranched alkanes of at least 4 members (excludes halogenated alkanes) is 7. The fraction of sp³-hybridized carbons (Fsp3) is 0.543. The van der Waals surface area contributed by atoms with Crippen LogP contribution in [0.2, 0.25) is 0 Å². The molecular weight excluding hydrogens is 490 g/mol. The van der Waals surface area contributed by atoms with Crippen LogP contribution >= 0.6 is 0 Å². The van der Waals surface area contributed by atoms with Crippen LogP contribution in [-0.4, -0.2) is 36.6 Å². The highest BCUT2D eigenvalue weighted by molar-refractivity contribution is 5.90. The van der Waals surface area contributed by atoms with Crippen LogP contribution in [0.5, 0.6) is 0 Å². The van der Waals surface area contributed by atoms with Crippen molar-refractivity contribution >= 4 is 22.7 Å². The number of aryl methyl sites for hydroxylation is 1. The summed E-state index contributed by atoms with van der Waals surface area (Å²) in [6.45, 7) is 5.37. The summed E-state index contributed by atoms with van der Waals surface area (Å²) in [4.78, 5) is 11.7. The second-order valence-electron chi connectivity index (χ2n) is 11.9. The summed E-state index contributed by atoms with van der Waals surface area (Å²) in [5.41, 5.74) is 3.70. The van der Waals surface area contributed by atoms with Gasteiger partial charge in [0.2, 0.25) is 5.95 Å². The molecule has 0 atom stereocenters. The molecule has 0 spiro atoms. The van der Waals surface area contributed by atoms with Crippen LogP contribution < -0.4 is 15.5 Å². The maximum absolute atomic E-state index is 4.83. The molecule has 1 aromatic heterocycles. The van der Waals surface area contributed by atoms with Crippen LogP contribution in [0, 0.1) is 5.92 Å². The molecule has 40 heavy (non-hydrogen) atoms. The normalized spacial score (nSPS) is 17.1. The second-order valence-corrected chi connectivity index (χ2v) is 11.9. The average molecular weight is 542 g/mol. The van der Waals surface area contributed by atoms with Crippen molar-refractivity contribution in [3.8, 4) is 0 Å². The molecule has 5 heteroatoms. The Morgan fingerprint density at radius 3 is 2.17 bits per heavy atom. The second kappa shape index (κ2) is 16.2. The Hall–Kier alpha value is -3.08. The van der Waals surface area contributed by atoms with Crippen molar-refractivity contribution in [1.29, 1.82) is 0 Å². The van der Waals surface area contributed by atoms with E-state index in [1.807, 2.05) is 26.2 Å².